The molecule has 0 saturated heterocycles. The van der Waals surface area contributed by atoms with E-state index in [2.05, 4.69) is 0 Å². The number of ether oxygens (including phenoxy) is 3. The quantitative estimate of drug-likeness (QED) is 0.292. The zero-order valence-corrected chi connectivity index (χ0v) is 23.0. The summed E-state index contributed by atoms with van der Waals surface area (Å²) in [6.07, 6.45) is -17.3. The minimum absolute atomic E-state index is 0.0280. The first-order chi connectivity index (χ1) is 19.9. The van der Waals surface area contributed by atoms with Gasteiger partial charge in [-0.1, -0.05) is 6.92 Å². The van der Waals surface area contributed by atoms with Gasteiger partial charge >= 0.3 is 30.7 Å². The van der Waals surface area contributed by atoms with Gasteiger partial charge in [0.1, 0.15) is 0 Å². The van der Waals surface area contributed by atoms with Crippen molar-refractivity contribution >= 4 is 17.9 Å². The maximum atomic E-state index is 13.7. The lowest BCUT2D eigenvalue weighted by Gasteiger charge is -2.43. The van der Waals surface area contributed by atoms with Crippen molar-refractivity contribution in [3.05, 3.63) is 64.2 Å². The molecule has 0 fully saturated rings. The fourth-order valence-electron chi connectivity index (χ4n) is 4.77. The second kappa shape index (κ2) is 12.9. The maximum Gasteiger partial charge on any atom is 0.416 e. The summed E-state index contributed by atoms with van der Waals surface area (Å²) < 4.78 is 137. The molecule has 1 heterocycles. The number of methoxy groups -OCH3 is 2. The summed E-state index contributed by atoms with van der Waals surface area (Å²) >= 11 is 0. The lowest BCUT2D eigenvalue weighted by molar-refractivity contribution is -0.143. The SMILES string of the molecule is CCCOC(=O)N1c2ccc(C(F)(F)F)cc2[C@H](N(Cc2cc(C(F)(F)F)cc(C(F)(F)F)c2)C(=O)OC)C[C@@H]1COC. The van der Waals surface area contributed by atoms with Crippen LogP contribution in [0.5, 0.6) is 0 Å². The molecule has 0 radical (unpaired) electrons. The van der Waals surface area contributed by atoms with Crippen molar-refractivity contribution in [2.75, 3.05) is 32.3 Å². The number of nitrogens with zero attached hydrogens (tertiary/aromatic N) is 2. The minimum Gasteiger partial charge on any atom is -0.453 e. The normalized spacial score (nSPS) is 17.3. The summed E-state index contributed by atoms with van der Waals surface area (Å²) in [6.45, 7) is 0.552. The predicted octanol–water partition coefficient (Wildman–Crippen LogP) is 7.82. The van der Waals surface area contributed by atoms with Gasteiger partial charge in [0.05, 0.1) is 54.8 Å². The van der Waals surface area contributed by atoms with Crippen molar-refractivity contribution in [2.45, 2.75) is 56.9 Å². The first-order valence-electron chi connectivity index (χ1n) is 12.7. The summed E-state index contributed by atoms with van der Waals surface area (Å²) in [4.78, 5) is 27.8. The molecule has 7 nitrogen and oxygen atoms in total. The molecule has 43 heavy (non-hydrogen) atoms. The number of hydrogen-bond donors (Lipinski definition) is 0. The molecule has 3 rings (SSSR count). The molecular formula is C27H27F9N2O5. The molecule has 0 aliphatic carbocycles. The van der Waals surface area contributed by atoms with Gasteiger partial charge in [0.2, 0.25) is 0 Å². The molecule has 16 heteroatoms. The first kappa shape index (κ1) is 33.8. The highest BCUT2D eigenvalue weighted by Crippen LogP contribution is 2.45. The molecule has 238 valence electrons. The second-order valence-corrected chi connectivity index (χ2v) is 9.63. The Morgan fingerprint density at radius 2 is 1.47 bits per heavy atom. The van der Waals surface area contributed by atoms with E-state index in [4.69, 9.17) is 14.2 Å². The molecule has 2 amide bonds. The number of benzene rings is 2. The molecule has 1 aliphatic rings. The number of alkyl halides is 9. The van der Waals surface area contributed by atoms with E-state index >= 15 is 0 Å². The van der Waals surface area contributed by atoms with Crippen molar-refractivity contribution in [1.29, 1.82) is 0 Å². The average molecular weight is 631 g/mol. The van der Waals surface area contributed by atoms with Gasteiger partial charge in [-0.15, -0.1) is 0 Å². The Morgan fingerprint density at radius 3 is 1.95 bits per heavy atom. The van der Waals surface area contributed by atoms with Crippen LogP contribution >= 0.6 is 0 Å². The van der Waals surface area contributed by atoms with Gasteiger partial charge in [-0.2, -0.15) is 39.5 Å². The third-order valence-corrected chi connectivity index (χ3v) is 6.61. The fraction of sp³-hybridized carbons (Fsp3) is 0.481. The maximum absolute atomic E-state index is 13.7. The van der Waals surface area contributed by atoms with E-state index in [0.717, 1.165) is 18.1 Å². The Hall–Kier alpha value is -3.69. The largest absolute Gasteiger partial charge is 0.453 e. The molecule has 2 atom stereocenters. The van der Waals surface area contributed by atoms with Crippen molar-refractivity contribution in [3.63, 3.8) is 0 Å². The molecule has 0 unspecified atom stereocenters. The zero-order chi connectivity index (χ0) is 32.3. The van der Waals surface area contributed by atoms with E-state index in [0.29, 0.717) is 35.6 Å². The number of rotatable bonds is 7. The van der Waals surface area contributed by atoms with Crippen LogP contribution in [0.25, 0.3) is 0 Å². The molecule has 0 saturated carbocycles. The number of carbonyl (C=O) groups is 2. The lowest BCUT2D eigenvalue weighted by Crippen LogP contribution is -2.50. The molecule has 0 bridgehead atoms. The number of anilines is 1. The van der Waals surface area contributed by atoms with E-state index in [1.165, 1.54) is 7.11 Å². The van der Waals surface area contributed by atoms with Crippen LogP contribution in [0.4, 0.5) is 54.8 Å². The third kappa shape index (κ3) is 7.83. The zero-order valence-electron chi connectivity index (χ0n) is 23.0. The van der Waals surface area contributed by atoms with Crippen molar-refractivity contribution in [2.24, 2.45) is 0 Å². The van der Waals surface area contributed by atoms with Gasteiger partial charge in [-0.25, -0.2) is 9.59 Å². The molecule has 0 N–H and O–H groups in total. The highest BCUT2D eigenvalue weighted by Gasteiger charge is 2.44. The molecule has 2 aromatic rings. The number of amides is 2. The van der Waals surface area contributed by atoms with Crippen LogP contribution in [-0.2, 0) is 39.3 Å². The van der Waals surface area contributed by atoms with E-state index in [-0.39, 0.29) is 37.0 Å². The summed E-state index contributed by atoms with van der Waals surface area (Å²) in [5.74, 6) is 0. The van der Waals surface area contributed by atoms with Gasteiger partial charge in [-0.05, 0) is 60.4 Å². The highest BCUT2D eigenvalue weighted by molar-refractivity contribution is 5.90. The number of hydrogen-bond acceptors (Lipinski definition) is 5. The van der Waals surface area contributed by atoms with Gasteiger partial charge in [0.15, 0.2) is 0 Å². The monoisotopic (exact) mass is 630 g/mol. The third-order valence-electron chi connectivity index (χ3n) is 6.61. The molecule has 1 aliphatic heterocycles. The van der Waals surface area contributed by atoms with Gasteiger partial charge in [-0.3, -0.25) is 9.80 Å². The van der Waals surface area contributed by atoms with Crippen LogP contribution in [0.1, 0.15) is 53.6 Å². The Morgan fingerprint density at radius 1 is 0.884 bits per heavy atom. The van der Waals surface area contributed by atoms with Crippen LogP contribution in [-0.4, -0.2) is 50.6 Å². The fourth-order valence-corrected chi connectivity index (χ4v) is 4.77. The van der Waals surface area contributed by atoms with E-state index < -0.39 is 71.6 Å². The van der Waals surface area contributed by atoms with E-state index in [1.54, 1.807) is 6.92 Å². The number of carbonyl (C=O) groups excluding carboxylic acids is 2. The number of halogens is 9. The highest BCUT2D eigenvalue weighted by atomic mass is 19.4. The standard InChI is InChI=1S/C27H27F9N2O5/c1-4-7-43-24(40)38-19(14-41-2)12-22(20-11-16(25(28,29)30)5-6-21(20)38)37(23(39)42-3)13-15-8-17(26(31,32)33)10-18(9-15)27(34,35)36/h5-6,8-11,19,22H,4,7,12-14H2,1-3H3/t19-,22-/m1/s1. The number of fused-ring (bicyclic) bond motifs is 1. The van der Waals surface area contributed by atoms with Crippen molar-refractivity contribution < 1.29 is 63.3 Å². The topological polar surface area (TPSA) is 68.3 Å². The molecular weight excluding hydrogens is 603 g/mol. The Kier molecular flexibility index (Phi) is 10.1. The minimum atomic E-state index is -5.19. The van der Waals surface area contributed by atoms with Gasteiger partial charge in [0.25, 0.3) is 0 Å². The van der Waals surface area contributed by atoms with E-state index in [9.17, 15) is 49.1 Å². The Labute approximate surface area is 240 Å². The lowest BCUT2D eigenvalue weighted by atomic mass is 9.88. The average Bonchev–Trinajstić information content (AvgIpc) is 2.92. The molecule has 0 aromatic heterocycles. The van der Waals surface area contributed by atoms with Gasteiger partial charge in [0, 0.05) is 13.7 Å². The van der Waals surface area contributed by atoms with Crippen LogP contribution in [0.15, 0.2) is 36.4 Å². The van der Waals surface area contributed by atoms with Gasteiger partial charge < -0.3 is 14.2 Å². The Bertz CT molecular complexity index is 1280. The summed E-state index contributed by atoms with van der Waals surface area (Å²) in [7, 11) is 2.16. The summed E-state index contributed by atoms with van der Waals surface area (Å²) in [5, 5.41) is 0. The molecule has 2 aromatic carbocycles. The van der Waals surface area contributed by atoms with E-state index in [1.807, 2.05) is 0 Å². The van der Waals surface area contributed by atoms with Crippen LogP contribution < -0.4 is 4.90 Å². The second-order valence-electron chi connectivity index (χ2n) is 9.63. The Balaban J connectivity index is 2.23. The van der Waals surface area contributed by atoms with Crippen molar-refractivity contribution in [3.8, 4) is 0 Å². The van der Waals surface area contributed by atoms with Crippen LogP contribution in [0.3, 0.4) is 0 Å². The first-order valence-corrected chi connectivity index (χ1v) is 12.7. The smallest absolute Gasteiger partial charge is 0.416 e. The predicted molar refractivity (Wildman–Crippen MR) is 133 cm³/mol. The molecule has 0 spiro atoms. The van der Waals surface area contributed by atoms with Crippen molar-refractivity contribution in [1.82, 2.24) is 4.90 Å². The summed E-state index contributed by atoms with van der Waals surface area (Å²) in [5.41, 5.74) is -5.47. The van der Waals surface area contributed by atoms with Crippen LogP contribution in [0, 0.1) is 0 Å². The summed E-state index contributed by atoms with van der Waals surface area (Å²) in [6, 6.07) is 0.659. The van der Waals surface area contributed by atoms with Crippen LogP contribution in [0.2, 0.25) is 0 Å².